The number of nitrogens with zero attached hydrogens (tertiary/aromatic N) is 3. The van der Waals surface area contributed by atoms with Gasteiger partial charge in [0.05, 0.1) is 6.61 Å². The van der Waals surface area contributed by atoms with Crippen molar-refractivity contribution >= 4 is 43.8 Å². The standard InChI is InChI=1S/C16H18BrN5O2/c17-10-1-2-11-12(9-10)19-14-13(11)20-16(21-15(14)24-8-7-23)22-5-3-18-4-6-22/h1-2,9,18-19,23H,3-8H2. The van der Waals surface area contributed by atoms with Crippen LogP contribution in [0.25, 0.3) is 21.9 Å². The number of anilines is 1. The van der Waals surface area contributed by atoms with E-state index in [0.717, 1.165) is 52.6 Å². The first-order valence-corrected chi connectivity index (χ1v) is 8.74. The fourth-order valence-corrected chi connectivity index (χ4v) is 3.31. The lowest BCUT2D eigenvalue weighted by molar-refractivity contribution is 0.198. The number of ether oxygens (including phenoxy) is 1. The Labute approximate surface area is 147 Å². The summed E-state index contributed by atoms with van der Waals surface area (Å²) in [5.74, 6) is 1.15. The van der Waals surface area contributed by atoms with Crippen molar-refractivity contribution in [2.24, 2.45) is 0 Å². The third-order valence-corrected chi connectivity index (χ3v) is 4.58. The summed E-state index contributed by atoms with van der Waals surface area (Å²) in [6.07, 6.45) is 0. The molecule has 1 saturated heterocycles. The summed E-state index contributed by atoms with van der Waals surface area (Å²) < 4.78 is 6.67. The summed E-state index contributed by atoms with van der Waals surface area (Å²) in [6, 6.07) is 6.04. The summed E-state index contributed by atoms with van der Waals surface area (Å²) in [6.45, 7) is 3.69. The van der Waals surface area contributed by atoms with Crippen molar-refractivity contribution in [1.82, 2.24) is 20.3 Å². The Balaban J connectivity index is 1.89. The van der Waals surface area contributed by atoms with E-state index >= 15 is 0 Å². The number of aromatic nitrogens is 3. The molecular formula is C16H18BrN5O2. The van der Waals surface area contributed by atoms with Gasteiger partial charge in [-0.25, -0.2) is 4.98 Å². The van der Waals surface area contributed by atoms with Crippen molar-refractivity contribution in [1.29, 1.82) is 0 Å². The molecule has 0 aliphatic carbocycles. The molecule has 24 heavy (non-hydrogen) atoms. The largest absolute Gasteiger partial charge is 0.474 e. The van der Waals surface area contributed by atoms with Gasteiger partial charge in [0.15, 0.2) is 0 Å². The molecule has 0 spiro atoms. The van der Waals surface area contributed by atoms with Crippen LogP contribution in [-0.2, 0) is 0 Å². The number of benzene rings is 1. The zero-order valence-electron chi connectivity index (χ0n) is 13.0. The molecule has 1 aliphatic rings. The van der Waals surface area contributed by atoms with Crippen LogP contribution in [0.2, 0.25) is 0 Å². The molecule has 0 unspecified atom stereocenters. The Morgan fingerprint density at radius 2 is 2.08 bits per heavy atom. The highest BCUT2D eigenvalue weighted by molar-refractivity contribution is 9.10. The molecule has 2 aromatic heterocycles. The Morgan fingerprint density at radius 3 is 2.88 bits per heavy atom. The number of nitrogens with one attached hydrogen (secondary N) is 2. The van der Waals surface area contributed by atoms with E-state index in [-0.39, 0.29) is 13.2 Å². The molecule has 0 radical (unpaired) electrons. The van der Waals surface area contributed by atoms with Gasteiger partial charge < -0.3 is 25.0 Å². The number of hydrogen-bond donors (Lipinski definition) is 3. The van der Waals surface area contributed by atoms with E-state index in [4.69, 9.17) is 14.8 Å². The first kappa shape index (κ1) is 15.6. The van der Waals surface area contributed by atoms with Gasteiger partial charge in [0.1, 0.15) is 17.6 Å². The lowest BCUT2D eigenvalue weighted by atomic mass is 10.2. The summed E-state index contributed by atoms with van der Waals surface area (Å²) >= 11 is 3.49. The van der Waals surface area contributed by atoms with Crippen molar-refractivity contribution in [2.75, 3.05) is 44.3 Å². The van der Waals surface area contributed by atoms with E-state index in [2.05, 4.69) is 36.1 Å². The monoisotopic (exact) mass is 391 g/mol. The van der Waals surface area contributed by atoms with E-state index in [0.29, 0.717) is 11.8 Å². The summed E-state index contributed by atoms with van der Waals surface area (Å²) in [4.78, 5) is 14.9. The maximum atomic E-state index is 9.09. The zero-order chi connectivity index (χ0) is 16.5. The minimum absolute atomic E-state index is 0.0553. The van der Waals surface area contributed by atoms with Crippen LogP contribution in [0.4, 0.5) is 5.95 Å². The molecule has 1 aromatic carbocycles. The van der Waals surface area contributed by atoms with Crippen molar-refractivity contribution in [2.45, 2.75) is 0 Å². The number of rotatable bonds is 4. The second-order valence-corrected chi connectivity index (χ2v) is 6.59. The third-order valence-electron chi connectivity index (χ3n) is 4.09. The van der Waals surface area contributed by atoms with Gasteiger partial charge in [0.2, 0.25) is 11.8 Å². The van der Waals surface area contributed by atoms with E-state index in [9.17, 15) is 0 Å². The molecule has 3 N–H and O–H groups in total. The zero-order valence-corrected chi connectivity index (χ0v) is 14.6. The van der Waals surface area contributed by atoms with Crippen LogP contribution in [0.3, 0.4) is 0 Å². The fraction of sp³-hybridized carbons (Fsp3) is 0.375. The topological polar surface area (TPSA) is 86.3 Å². The van der Waals surface area contributed by atoms with Gasteiger partial charge in [-0.3, -0.25) is 0 Å². The Morgan fingerprint density at radius 1 is 1.25 bits per heavy atom. The number of halogens is 1. The van der Waals surface area contributed by atoms with Crippen LogP contribution in [0.5, 0.6) is 5.88 Å². The lowest BCUT2D eigenvalue weighted by Crippen LogP contribution is -2.44. The van der Waals surface area contributed by atoms with Gasteiger partial charge in [-0.1, -0.05) is 15.9 Å². The average molecular weight is 392 g/mol. The molecular weight excluding hydrogens is 374 g/mol. The van der Waals surface area contributed by atoms with Crippen molar-refractivity contribution in [3.05, 3.63) is 22.7 Å². The molecule has 8 heteroatoms. The quantitative estimate of drug-likeness (QED) is 0.626. The molecule has 0 bridgehead atoms. The van der Waals surface area contributed by atoms with Crippen LogP contribution in [-0.4, -0.2) is 59.5 Å². The van der Waals surface area contributed by atoms with Crippen molar-refractivity contribution in [3.63, 3.8) is 0 Å². The first-order valence-electron chi connectivity index (χ1n) is 7.94. The highest BCUT2D eigenvalue weighted by Gasteiger charge is 2.19. The number of aromatic amines is 1. The van der Waals surface area contributed by atoms with E-state index in [1.165, 1.54) is 0 Å². The lowest BCUT2D eigenvalue weighted by Gasteiger charge is -2.27. The molecule has 0 atom stereocenters. The average Bonchev–Trinajstić information content (AvgIpc) is 2.98. The predicted octanol–water partition coefficient (Wildman–Crippen LogP) is 1.65. The Bertz CT molecular complexity index is 876. The van der Waals surface area contributed by atoms with Gasteiger partial charge >= 0.3 is 0 Å². The van der Waals surface area contributed by atoms with Gasteiger partial charge in [-0.15, -0.1) is 0 Å². The minimum Gasteiger partial charge on any atom is -0.474 e. The number of aliphatic hydroxyl groups excluding tert-OH is 1. The van der Waals surface area contributed by atoms with Crippen LogP contribution < -0.4 is 15.0 Å². The Kier molecular flexibility index (Phi) is 4.26. The van der Waals surface area contributed by atoms with Gasteiger partial charge in [0, 0.05) is 41.6 Å². The molecule has 1 aliphatic heterocycles. The highest BCUT2D eigenvalue weighted by Crippen LogP contribution is 2.32. The smallest absolute Gasteiger partial charge is 0.243 e. The molecule has 0 saturated carbocycles. The number of hydrogen-bond acceptors (Lipinski definition) is 6. The van der Waals surface area contributed by atoms with Crippen LogP contribution >= 0.6 is 15.9 Å². The van der Waals surface area contributed by atoms with Gasteiger partial charge in [0.25, 0.3) is 0 Å². The number of piperazine rings is 1. The molecule has 0 amide bonds. The highest BCUT2D eigenvalue weighted by atomic mass is 79.9. The van der Waals surface area contributed by atoms with Crippen LogP contribution in [0.1, 0.15) is 0 Å². The molecule has 7 nitrogen and oxygen atoms in total. The molecule has 3 aromatic rings. The van der Waals surface area contributed by atoms with Crippen molar-refractivity contribution < 1.29 is 9.84 Å². The second-order valence-electron chi connectivity index (χ2n) is 5.68. The van der Waals surface area contributed by atoms with Gasteiger partial charge in [-0.05, 0) is 18.2 Å². The number of fused-ring (bicyclic) bond motifs is 3. The van der Waals surface area contributed by atoms with Crippen LogP contribution in [0.15, 0.2) is 22.7 Å². The molecule has 3 heterocycles. The summed E-state index contributed by atoms with van der Waals surface area (Å²) in [5.41, 5.74) is 2.57. The third kappa shape index (κ3) is 2.81. The van der Waals surface area contributed by atoms with E-state index in [1.807, 2.05) is 18.2 Å². The molecule has 1 fully saturated rings. The number of aliphatic hydroxyl groups is 1. The van der Waals surface area contributed by atoms with E-state index in [1.54, 1.807) is 0 Å². The predicted molar refractivity (Wildman–Crippen MR) is 96.8 cm³/mol. The summed E-state index contributed by atoms with van der Waals surface area (Å²) in [7, 11) is 0. The van der Waals surface area contributed by atoms with E-state index < -0.39 is 0 Å². The maximum absolute atomic E-state index is 9.09. The second kappa shape index (κ2) is 6.54. The van der Waals surface area contributed by atoms with Crippen molar-refractivity contribution in [3.8, 4) is 5.88 Å². The van der Waals surface area contributed by atoms with Crippen LogP contribution in [0, 0.1) is 0 Å². The maximum Gasteiger partial charge on any atom is 0.243 e. The minimum atomic E-state index is -0.0553. The normalized spacial score (nSPS) is 15.3. The first-order chi connectivity index (χ1) is 11.8. The van der Waals surface area contributed by atoms with Gasteiger partial charge in [-0.2, -0.15) is 4.98 Å². The SMILES string of the molecule is OCCOc1nc(N2CCNCC2)nc2c1[nH]c1cc(Br)ccc12. The molecule has 126 valence electrons. The number of H-pyrrole nitrogens is 1. The summed E-state index contributed by atoms with van der Waals surface area (Å²) in [5, 5.41) is 13.4. The Hall–Kier alpha value is -1.90. The fourth-order valence-electron chi connectivity index (χ4n) is 2.95. The molecule has 4 rings (SSSR count).